The van der Waals surface area contributed by atoms with Crippen LogP contribution in [0.5, 0.6) is 0 Å². The van der Waals surface area contributed by atoms with E-state index >= 15 is 0 Å². The maximum atomic E-state index is 11.2. The standard InChI is InChI=1S/C11H11N3O2S/c1-7-3-4-9(14-17(2,15)16)11-10(7)8(5-12)6-13-11/h3-4,6,13-14H,1-2H3. The van der Waals surface area contributed by atoms with Crippen LogP contribution in [0.3, 0.4) is 0 Å². The van der Waals surface area contributed by atoms with Crippen molar-refractivity contribution >= 4 is 26.6 Å². The number of nitrogens with one attached hydrogen (secondary N) is 2. The summed E-state index contributed by atoms with van der Waals surface area (Å²) in [6.07, 6.45) is 2.66. The second-order valence-corrected chi connectivity index (χ2v) is 5.62. The minimum atomic E-state index is -3.33. The minimum Gasteiger partial charge on any atom is -0.358 e. The van der Waals surface area contributed by atoms with Gasteiger partial charge in [0.1, 0.15) is 6.07 Å². The highest BCUT2D eigenvalue weighted by atomic mass is 32.2. The molecule has 0 atom stereocenters. The van der Waals surface area contributed by atoms with Gasteiger partial charge in [-0.25, -0.2) is 8.42 Å². The van der Waals surface area contributed by atoms with Crippen LogP contribution in [0, 0.1) is 18.3 Å². The highest BCUT2D eigenvalue weighted by molar-refractivity contribution is 7.92. The van der Waals surface area contributed by atoms with E-state index < -0.39 is 10.0 Å². The van der Waals surface area contributed by atoms with E-state index in [4.69, 9.17) is 5.26 Å². The normalized spacial score (nSPS) is 11.4. The first-order valence-electron chi connectivity index (χ1n) is 4.91. The molecule has 0 saturated heterocycles. The molecule has 0 bridgehead atoms. The monoisotopic (exact) mass is 249 g/mol. The molecule has 5 nitrogen and oxygen atoms in total. The number of rotatable bonds is 2. The van der Waals surface area contributed by atoms with Crippen molar-refractivity contribution in [2.75, 3.05) is 11.0 Å². The molecule has 88 valence electrons. The maximum Gasteiger partial charge on any atom is 0.229 e. The number of sulfonamides is 1. The largest absolute Gasteiger partial charge is 0.358 e. The number of nitrogens with zero attached hydrogens (tertiary/aromatic N) is 1. The zero-order valence-corrected chi connectivity index (χ0v) is 10.2. The van der Waals surface area contributed by atoms with Gasteiger partial charge in [0.25, 0.3) is 0 Å². The third-order valence-electron chi connectivity index (χ3n) is 2.46. The Morgan fingerprint density at radius 2 is 2.12 bits per heavy atom. The lowest BCUT2D eigenvalue weighted by Crippen LogP contribution is -2.09. The van der Waals surface area contributed by atoms with Crippen molar-refractivity contribution in [2.24, 2.45) is 0 Å². The number of hydrogen-bond acceptors (Lipinski definition) is 3. The third-order valence-corrected chi connectivity index (χ3v) is 3.05. The van der Waals surface area contributed by atoms with E-state index in [0.717, 1.165) is 17.2 Å². The van der Waals surface area contributed by atoms with Crippen molar-refractivity contribution in [2.45, 2.75) is 6.92 Å². The van der Waals surface area contributed by atoms with E-state index in [9.17, 15) is 8.42 Å². The molecule has 1 heterocycles. The van der Waals surface area contributed by atoms with E-state index in [1.165, 1.54) is 0 Å². The summed E-state index contributed by atoms with van der Waals surface area (Å²) >= 11 is 0. The van der Waals surface area contributed by atoms with E-state index in [0.29, 0.717) is 16.8 Å². The molecule has 0 spiro atoms. The van der Waals surface area contributed by atoms with E-state index in [2.05, 4.69) is 15.8 Å². The Morgan fingerprint density at radius 1 is 1.41 bits per heavy atom. The number of anilines is 1. The molecular formula is C11H11N3O2S. The summed E-state index contributed by atoms with van der Waals surface area (Å²) in [6, 6.07) is 5.53. The predicted octanol–water partition coefficient (Wildman–Crippen LogP) is 1.72. The van der Waals surface area contributed by atoms with Crippen molar-refractivity contribution in [3.8, 4) is 6.07 Å². The van der Waals surface area contributed by atoms with Crippen LogP contribution < -0.4 is 4.72 Å². The minimum absolute atomic E-state index is 0.453. The summed E-state index contributed by atoms with van der Waals surface area (Å²) in [5, 5.41) is 9.71. The fourth-order valence-corrected chi connectivity index (χ4v) is 2.36. The van der Waals surface area contributed by atoms with E-state index in [1.807, 2.05) is 6.92 Å². The fourth-order valence-electron chi connectivity index (χ4n) is 1.79. The van der Waals surface area contributed by atoms with Gasteiger partial charge in [-0.15, -0.1) is 0 Å². The third kappa shape index (κ3) is 2.10. The highest BCUT2D eigenvalue weighted by Gasteiger charge is 2.12. The summed E-state index contributed by atoms with van der Waals surface area (Å²) in [5.74, 6) is 0. The first-order chi connectivity index (χ1) is 7.92. The lowest BCUT2D eigenvalue weighted by atomic mass is 10.1. The van der Waals surface area contributed by atoms with Crippen molar-refractivity contribution < 1.29 is 8.42 Å². The number of H-pyrrole nitrogens is 1. The molecule has 17 heavy (non-hydrogen) atoms. The molecule has 1 aromatic carbocycles. The summed E-state index contributed by atoms with van der Waals surface area (Å²) in [5.41, 5.74) is 2.52. The zero-order chi connectivity index (χ0) is 12.6. The Labute approximate surface area is 99.1 Å². The van der Waals surface area contributed by atoms with Crippen LogP contribution in [-0.4, -0.2) is 19.7 Å². The van der Waals surface area contributed by atoms with Gasteiger partial charge in [-0.05, 0) is 18.6 Å². The van der Waals surface area contributed by atoms with Crippen LogP contribution in [0.4, 0.5) is 5.69 Å². The van der Waals surface area contributed by atoms with Crippen LogP contribution in [0.2, 0.25) is 0 Å². The number of nitriles is 1. The molecule has 2 N–H and O–H groups in total. The molecule has 0 unspecified atom stereocenters. The molecule has 2 rings (SSSR count). The molecule has 6 heteroatoms. The van der Waals surface area contributed by atoms with Gasteiger partial charge < -0.3 is 4.98 Å². The number of benzene rings is 1. The van der Waals surface area contributed by atoms with Gasteiger partial charge in [0.2, 0.25) is 10.0 Å². The molecule has 2 aromatic rings. The number of hydrogen-bond donors (Lipinski definition) is 2. The molecule has 0 amide bonds. The van der Waals surface area contributed by atoms with E-state index in [1.54, 1.807) is 18.3 Å². The molecule has 0 radical (unpaired) electrons. The molecule has 0 fully saturated rings. The Bertz CT molecular complexity index is 723. The lowest BCUT2D eigenvalue weighted by Gasteiger charge is -2.06. The Hall–Kier alpha value is -2.00. The average Bonchev–Trinajstić information content (AvgIpc) is 2.65. The Morgan fingerprint density at radius 3 is 2.71 bits per heavy atom. The van der Waals surface area contributed by atoms with E-state index in [-0.39, 0.29) is 0 Å². The van der Waals surface area contributed by atoms with Crippen LogP contribution in [0.15, 0.2) is 18.3 Å². The number of aromatic nitrogens is 1. The molecule has 0 aliphatic heterocycles. The van der Waals surface area contributed by atoms with Crippen molar-refractivity contribution in [3.63, 3.8) is 0 Å². The lowest BCUT2D eigenvalue weighted by molar-refractivity contribution is 0.607. The topological polar surface area (TPSA) is 85.8 Å². The van der Waals surface area contributed by atoms with Crippen molar-refractivity contribution in [3.05, 3.63) is 29.5 Å². The van der Waals surface area contributed by atoms with Gasteiger partial charge >= 0.3 is 0 Å². The summed E-state index contributed by atoms with van der Waals surface area (Å²) in [6.45, 7) is 1.88. The SMILES string of the molecule is Cc1ccc(NS(C)(=O)=O)c2[nH]cc(C#N)c12. The van der Waals surface area contributed by atoms with Crippen LogP contribution >= 0.6 is 0 Å². The second-order valence-electron chi connectivity index (χ2n) is 3.87. The maximum absolute atomic E-state index is 11.2. The molecular weight excluding hydrogens is 238 g/mol. The van der Waals surface area contributed by atoms with Gasteiger partial charge in [-0.3, -0.25) is 4.72 Å². The quantitative estimate of drug-likeness (QED) is 0.849. The highest BCUT2D eigenvalue weighted by Crippen LogP contribution is 2.28. The van der Waals surface area contributed by atoms with Gasteiger partial charge in [-0.2, -0.15) is 5.26 Å². The molecule has 0 aliphatic rings. The Balaban J connectivity index is 2.73. The molecule has 0 aliphatic carbocycles. The number of aryl methyl sites for hydroxylation is 1. The summed E-state index contributed by atoms with van der Waals surface area (Å²) < 4.78 is 24.9. The average molecular weight is 249 g/mol. The Kier molecular flexibility index (Phi) is 2.56. The first kappa shape index (κ1) is 11.5. The van der Waals surface area contributed by atoms with Gasteiger partial charge in [0, 0.05) is 11.6 Å². The smallest absolute Gasteiger partial charge is 0.229 e. The van der Waals surface area contributed by atoms with Crippen LogP contribution in [0.25, 0.3) is 10.9 Å². The zero-order valence-electron chi connectivity index (χ0n) is 9.40. The van der Waals surface area contributed by atoms with Crippen molar-refractivity contribution in [1.29, 1.82) is 5.26 Å². The van der Waals surface area contributed by atoms with Crippen molar-refractivity contribution in [1.82, 2.24) is 4.98 Å². The number of fused-ring (bicyclic) bond motifs is 1. The van der Waals surface area contributed by atoms with Crippen LogP contribution in [-0.2, 0) is 10.0 Å². The van der Waals surface area contributed by atoms with Gasteiger partial charge in [0.05, 0.1) is 23.0 Å². The summed E-state index contributed by atoms with van der Waals surface area (Å²) in [7, 11) is -3.33. The molecule has 0 saturated carbocycles. The summed E-state index contributed by atoms with van der Waals surface area (Å²) in [4.78, 5) is 2.92. The number of aromatic amines is 1. The molecule has 1 aromatic heterocycles. The fraction of sp³-hybridized carbons (Fsp3) is 0.182. The van der Waals surface area contributed by atoms with Gasteiger partial charge in [0.15, 0.2) is 0 Å². The predicted molar refractivity (Wildman–Crippen MR) is 66.2 cm³/mol. The first-order valence-corrected chi connectivity index (χ1v) is 6.80. The van der Waals surface area contributed by atoms with Gasteiger partial charge in [-0.1, -0.05) is 6.07 Å². The second kappa shape index (κ2) is 3.79. The van der Waals surface area contributed by atoms with Crippen LogP contribution in [0.1, 0.15) is 11.1 Å².